The predicted octanol–water partition coefficient (Wildman–Crippen LogP) is 4.56. The number of rotatable bonds is 7. The lowest BCUT2D eigenvalue weighted by molar-refractivity contribution is -0.128. The first-order chi connectivity index (χ1) is 18.8. The number of nitrogens with zero attached hydrogens (tertiary/aromatic N) is 3. The molecule has 2 fully saturated rings. The monoisotopic (exact) mass is 547 g/mol. The number of amides is 2. The van der Waals surface area contributed by atoms with Crippen LogP contribution in [-0.4, -0.2) is 64.3 Å². The van der Waals surface area contributed by atoms with Gasteiger partial charge in [-0.3, -0.25) is 14.6 Å². The number of likely N-dealkylation sites (tertiary alicyclic amines) is 1. The van der Waals surface area contributed by atoms with E-state index in [1.807, 2.05) is 48.2 Å². The molecule has 4 aromatic rings. The summed E-state index contributed by atoms with van der Waals surface area (Å²) in [7, 11) is 1.66. The molecule has 1 aliphatic heterocycles. The molecule has 0 spiro atoms. The summed E-state index contributed by atoms with van der Waals surface area (Å²) in [6.07, 6.45) is 3.92. The SMILES string of the molecule is COCC1CCCN1C(=O)c1cc2nccc(Nc3ccc4c(c3)cc(C)n4C(=O)OC3(C(N)=O)CC3)c2s1. The van der Waals surface area contributed by atoms with Crippen LogP contribution in [0.3, 0.4) is 0 Å². The van der Waals surface area contributed by atoms with Gasteiger partial charge in [0.25, 0.3) is 11.8 Å². The van der Waals surface area contributed by atoms with Crippen molar-refractivity contribution >= 4 is 61.7 Å². The highest BCUT2D eigenvalue weighted by Crippen LogP contribution is 2.40. The van der Waals surface area contributed by atoms with E-state index in [2.05, 4.69) is 10.3 Å². The van der Waals surface area contributed by atoms with Crippen LogP contribution < -0.4 is 11.1 Å². The number of anilines is 2. The Balaban J connectivity index is 1.26. The Labute approximate surface area is 228 Å². The summed E-state index contributed by atoms with van der Waals surface area (Å²) >= 11 is 1.43. The number of nitrogens with one attached hydrogen (secondary N) is 1. The average molecular weight is 548 g/mol. The van der Waals surface area contributed by atoms with Gasteiger partial charge in [0.1, 0.15) is 0 Å². The van der Waals surface area contributed by atoms with Crippen LogP contribution in [0.2, 0.25) is 0 Å². The van der Waals surface area contributed by atoms with Crippen molar-refractivity contribution in [3.05, 3.63) is 53.2 Å². The van der Waals surface area contributed by atoms with Gasteiger partial charge in [-0.05, 0) is 56.2 Å². The Morgan fingerprint density at radius 3 is 2.77 bits per heavy atom. The molecule has 4 heterocycles. The average Bonchev–Trinajstić information content (AvgIpc) is 3.23. The normalized spacial score (nSPS) is 18.0. The third kappa shape index (κ3) is 4.51. The zero-order valence-corrected chi connectivity index (χ0v) is 22.5. The van der Waals surface area contributed by atoms with Gasteiger partial charge in [0.2, 0.25) is 0 Å². The van der Waals surface area contributed by atoms with Crippen molar-refractivity contribution in [1.29, 1.82) is 0 Å². The van der Waals surface area contributed by atoms with Crippen LogP contribution in [0.15, 0.2) is 42.6 Å². The van der Waals surface area contributed by atoms with Crippen LogP contribution in [0.5, 0.6) is 0 Å². The largest absolute Gasteiger partial charge is 0.432 e. The summed E-state index contributed by atoms with van der Waals surface area (Å²) < 4.78 is 13.1. The van der Waals surface area contributed by atoms with Gasteiger partial charge in [-0.1, -0.05) is 0 Å². The second-order valence-electron chi connectivity index (χ2n) is 10.2. The number of primary amides is 1. The number of carbonyl (C=O) groups excluding carboxylic acids is 3. The molecule has 1 unspecified atom stereocenters. The van der Waals surface area contributed by atoms with Gasteiger partial charge in [-0.15, -0.1) is 11.3 Å². The highest BCUT2D eigenvalue weighted by molar-refractivity contribution is 7.21. The van der Waals surface area contributed by atoms with E-state index in [9.17, 15) is 14.4 Å². The number of aryl methyl sites for hydroxylation is 1. The molecule has 0 radical (unpaired) electrons. The van der Waals surface area contributed by atoms with Crippen molar-refractivity contribution in [3.8, 4) is 0 Å². The molecule has 1 aliphatic carbocycles. The molecule has 3 N–H and O–H groups in total. The first-order valence-corrected chi connectivity index (χ1v) is 13.7. The molecule has 1 atom stereocenters. The number of benzene rings is 1. The predicted molar refractivity (Wildman–Crippen MR) is 149 cm³/mol. The molecule has 10 nitrogen and oxygen atoms in total. The van der Waals surface area contributed by atoms with Gasteiger partial charge >= 0.3 is 6.09 Å². The minimum atomic E-state index is -1.19. The Kier molecular flexibility index (Phi) is 6.27. The summed E-state index contributed by atoms with van der Waals surface area (Å²) in [6.45, 7) is 3.08. The van der Waals surface area contributed by atoms with Gasteiger partial charge in [0.05, 0.1) is 38.9 Å². The topological polar surface area (TPSA) is 129 Å². The maximum absolute atomic E-state index is 13.3. The van der Waals surface area contributed by atoms with Gasteiger partial charge in [-0.2, -0.15) is 0 Å². The Morgan fingerprint density at radius 1 is 1.21 bits per heavy atom. The first-order valence-electron chi connectivity index (χ1n) is 12.9. The minimum absolute atomic E-state index is 0.0120. The summed E-state index contributed by atoms with van der Waals surface area (Å²) in [4.78, 5) is 44.9. The lowest BCUT2D eigenvalue weighted by Gasteiger charge is -2.23. The standard InChI is InChI=1S/C28H29N5O5S/c1-16-12-17-13-18(5-6-22(17)33(16)27(36)38-28(8-9-28)26(29)35)31-20-7-10-30-21-14-23(39-24(20)21)25(34)32-11-3-4-19(32)15-37-2/h5-7,10,12-14,19H,3-4,8-9,11,15H2,1-2H3,(H2,29,35)(H,30,31). The molecule has 3 aromatic heterocycles. The van der Waals surface area contributed by atoms with Crippen LogP contribution in [0.4, 0.5) is 16.2 Å². The van der Waals surface area contributed by atoms with Crippen molar-refractivity contribution < 1.29 is 23.9 Å². The van der Waals surface area contributed by atoms with Crippen molar-refractivity contribution in [2.24, 2.45) is 5.73 Å². The van der Waals surface area contributed by atoms with E-state index in [1.54, 1.807) is 13.3 Å². The number of aromatic nitrogens is 2. The molecule has 1 saturated heterocycles. The molecule has 6 rings (SSSR count). The lowest BCUT2D eigenvalue weighted by atomic mass is 10.2. The fraction of sp³-hybridized carbons (Fsp3) is 0.357. The Morgan fingerprint density at radius 2 is 2.03 bits per heavy atom. The molecule has 202 valence electrons. The summed E-state index contributed by atoms with van der Waals surface area (Å²) in [5.74, 6) is -0.605. The molecule has 2 amide bonds. The third-order valence-electron chi connectivity index (χ3n) is 7.50. The van der Waals surface area contributed by atoms with Crippen LogP contribution >= 0.6 is 11.3 Å². The molecule has 0 bridgehead atoms. The van der Waals surface area contributed by atoms with Gasteiger partial charge < -0.3 is 25.4 Å². The Hall–Kier alpha value is -3.96. The quantitative estimate of drug-likeness (QED) is 0.347. The molecular weight excluding hydrogens is 518 g/mol. The van der Waals surface area contributed by atoms with Gasteiger partial charge in [-0.25, -0.2) is 9.36 Å². The zero-order chi connectivity index (χ0) is 27.3. The number of thiophene rings is 1. The highest BCUT2D eigenvalue weighted by atomic mass is 32.1. The summed E-state index contributed by atoms with van der Waals surface area (Å²) in [6, 6.07) is 11.4. The molecular formula is C28H29N5O5S. The lowest BCUT2D eigenvalue weighted by Crippen LogP contribution is -2.37. The van der Waals surface area contributed by atoms with Gasteiger partial charge in [0.15, 0.2) is 5.60 Å². The van der Waals surface area contributed by atoms with E-state index in [4.69, 9.17) is 15.2 Å². The highest BCUT2D eigenvalue weighted by Gasteiger charge is 2.53. The maximum atomic E-state index is 13.3. The van der Waals surface area contributed by atoms with Crippen molar-refractivity contribution in [2.45, 2.75) is 44.2 Å². The number of methoxy groups -OCH3 is 1. The van der Waals surface area contributed by atoms with E-state index in [0.717, 1.165) is 46.4 Å². The summed E-state index contributed by atoms with van der Waals surface area (Å²) in [5, 5.41) is 4.29. The van der Waals surface area contributed by atoms with Crippen molar-refractivity contribution in [3.63, 3.8) is 0 Å². The molecule has 2 aliphatic rings. The van der Waals surface area contributed by atoms with E-state index < -0.39 is 17.6 Å². The molecule has 39 heavy (non-hydrogen) atoms. The number of fused-ring (bicyclic) bond motifs is 2. The van der Waals surface area contributed by atoms with Crippen LogP contribution in [-0.2, 0) is 14.3 Å². The van der Waals surface area contributed by atoms with E-state index >= 15 is 0 Å². The smallest absolute Gasteiger partial charge is 0.419 e. The molecule has 1 saturated carbocycles. The van der Waals surface area contributed by atoms with Crippen LogP contribution in [0.1, 0.15) is 41.0 Å². The minimum Gasteiger partial charge on any atom is -0.432 e. The van der Waals surface area contributed by atoms with Gasteiger partial charge in [0, 0.05) is 49.5 Å². The number of hydrogen-bond acceptors (Lipinski definition) is 8. The second kappa shape index (κ2) is 9.65. The summed E-state index contributed by atoms with van der Waals surface area (Å²) in [5.41, 5.74) is 8.01. The van der Waals surface area contributed by atoms with E-state index in [0.29, 0.717) is 35.5 Å². The Bertz CT molecular complexity index is 1620. The van der Waals surface area contributed by atoms with Crippen molar-refractivity contribution in [1.82, 2.24) is 14.5 Å². The number of nitrogens with two attached hydrogens (primary N) is 1. The molecule has 1 aromatic carbocycles. The third-order valence-corrected chi connectivity index (χ3v) is 8.65. The fourth-order valence-corrected chi connectivity index (χ4v) is 6.35. The van der Waals surface area contributed by atoms with Crippen molar-refractivity contribution in [2.75, 3.05) is 25.6 Å². The second-order valence-corrected chi connectivity index (χ2v) is 11.2. The number of ether oxygens (including phenoxy) is 2. The maximum Gasteiger partial charge on any atom is 0.419 e. The number of hydrogen-bond donors (Lipinski definition) is 2. The number of pyridine rings is 1. The zero-order valence-electron chi connectivity index (χ0n) is 21.7. The fourth-order valence-electron chi connectivity index (χ4n) is 5.31. The van der Waals surface area contributed by atoms with Crippen LogP contribution in [0.25, 0.3) is 21.1 Å². The van der Waals surface area contributed by atoms with Crippen LogP contribution in [0, 0.1) is 6.92 Å². The van der Waals surface area contributed by atoms with E-state index in [-0.39, 0.29) is 11.9 Å². The molecule has 11 heteroatoms. The number of carbonyl (C=O) groups is 3. The first kappa shape index (κ1) is 25.3. The van der Waals surface area contributed by atoms with E-state index in [1.165, 1.54) is 15.9 Å².